The molecule has 0 bridgehead atoms. The highest BCUT2D eigenvalue weighted by atomic mass is 32.1. The second-order valence-corrected chi connectivity index (χ2v) is 5.18. The van der Waals surface area contributed by atoms with Crippen LogP contribution < -0.4 is 5.73 Å². The van der Waals surface area contributed by atoms with E-state index >= 15 is 0 Å². The predicted molar refractivity (Wildman–Crippen MR) is 63.8 cm³/mol. The summed E-state index contributed by atoms with van der Waals surface area (Å²) in [5.41, 5.74) is 5.55. The number of aryl methyl sites for hydroxylation is 1. The molecule has 0 aliphatic carbocycles. The van der Waals surface area contributed by atoms with E-state index in [1.165, 1.54) is 11.3 Å². The van der Waals surface area contributed by atoms with Gasteiger partial charge in [-0.15, -0.1) is 11.3 Å². The van der Waals surface area contributed by atoms with Crippen molar-refractivity contribution < 1.29 is 9.53 Å². The molecular formula is C11H16N2O2S. The molecule has 2 N–H and O–H groups in total. The van der Waals surface area contributed by atoms with Crippen molar-refractivity contribution in [3.63, 3.8) is 0 Å². The molecule has 1 aromatic heterocycles. The molecule has 88 valence electrons. The van der Waals surface area contributed by atoms with Gasteiger partial charge in [-0.3, -0.25) is 4.79 Å². The maximum atomic E-state index is 12.1. The summed E-state index contributed by atoms with van der Waals surface area (Å²) in [5.74, 6) is 0.0971. The molecule has 1 saturated heterocycles. The summed E-state index contributed by atoms with van der Waals surface area (Å²) in [6.07, 6.45) is -0.0150. The highest BCUT2D eigenvalue weighted by Crippen LogP contribution is 2.18. The van der Waals surface area contributed by atoms with Crippen LogP contribution in [0.3, 0.4) is 0 Å². The molecule has 1 fully saturated rings. The SMILES string of the molecule is Cc1ccc(C(=O)N2CCOC(CN)C2)s1. The van der Waals surface area contributed by atoms with Crippen LogP contribution in [0, 0.1) is 6.92 Å². The molecule has 1 aliphatic rings. The van der Waals surface area contributed by atoms with Crippen LogP contribution in [-0.2, 0) is 4.74 Å². The van der Waals surface area contributed by atoms with Gasteiger partial charge >= 0.3 is 0 Å². The quantitative estimate of drug-likeness (QED) is 0.834. The lowest BCUT2D eigenvalue weighted by atomic mass is 10.2. The fourth-order valence-corrected chi connectivity index (χ4v) is 2.59. The Morgan fingerprint density at radius 3 is 3.12 bits per heavy atom. The lowest BCUT2D eigenvalue weighted by molar-refractivity contribution is -0.0165. The first kappa shape index (κ1) is 11.6. The van der Waals surface area contributed by atoms with E-state index in [2.05, 4.69) is 0 Å². The van der Waals surface area contributed by atoms with Gasteiger partial charge in [-0.1, -0.05) is 0 Å². The maximum Gasteiger partial charge on any atom is 0.264 e. The van der Waals surface area contributed by atoms with Gasteiger partial charge in [0.2, 0.25) is 0 Å². The van der Waals surface area contributed by atoms with Crippen molar-refractivity contribution >= 4 is 17.2 Å². The molecule has 1 atom stereocenters. The molecule has 0 radical (unpaired) electrons. The van der Waals surface area contributed by atoms with E-state index in [9.17, 15) is 4.79 Å². The topological polar surface area (TPSA) is 55.6 Å². The lowest BCUT2D eigenvalue weighted by Crippen LogP contribution is -2.47. The van der Waals surface area contributed by atoms with Gasteiger partial charge in [-0.05, 0) is 19.1 Å². The van der Waals surface area contributed by atoms with E-state index in [0.29, 0.717) is 26.2 Å². The minimum Gasteiger partial charge on any atom is -0.373 e. The predicted octanol–water partition coefficient (Wildman–Crippen LogP) is 0.856. The lowest BCUT2D eigenvalue weighted by Gasteiger charge is -2.32. The summed E-state index contributed by atoms with van der Waals surface area (Å²) in [7, 11) is 0. The van der Waals surface area contributed by atoms with Crippen LogP contribution in [0.2, 0.25) is 0 Å². The number of thiophene rings is 1. The number of ether oxygens (including phenoxy) is 1. The Labute approximate surface area is 99.0 Å². The first-order chi connectivity index (χ1) is 7.70. The smallest absolute Gasteiger partial charge is 0.264 e. The maximum absolute atomic E-state index is 12.1. The van der Waals surface area contributed by atoms with Crippen LogP contribution in [0.25, 0.3) is 0 Å². The van der Waals surface area contributed by atoms with Crippen LogP contribution in [0.1, 0.15) is 14.5 Å². The molecule has 1 aliphatic heterocycles. The third-order valence-electron chi connectivity index (χ3n) is 2.64. The van der Waals surface area contributed by atoms with Crippen molar-refractivity contribution in [1.82, 2.24) is 4.90 Å². The fourth-order valence-electron chi connectivity index (χ4n) is 1.75. The summed E-state index contributed by atoms with van der Waals surface area (Å²) in [6.45, 7) is 4.31. The second-order valence-electron chi connectivity index (χ2n) is 3.89. The van der Waals surface area contributed by atoms with Crippen molar-refractivity contribution in [3.05, 3.63) is 21.9 Å². The first-order valence-corrected chi connectivity index (χ1v) is 6.19. The zero-order chi connectivity index (χ0) is 11.5. The summed E-state index contributed by atoms with van der Waals surface area (Å²) >= 11 is 1.54. The van der Waals surface area contributed by atoms with Crippen LogP contribution in [0.5, 0.6) is 0 Å². The highest BCUT2D eigenvalue weighted by Gasteiger charge is 2.24. The van der Waals surface area contributed by atoms with Gasteiger partial charge in [-0.25, -0.2) is 0 Å². The summed E-state index contributed by atoms with van der Waals surface area (Å²) in [4.78, 5) is 15.9. The molecule has 1 amide bonds. The van der Waals surface area contributed by atoms with E-state index in [1.807, 2.05) is 24.0 Å². The van der Waals surface area contributed by atoms with Crippen LogP contribution >= 0.6 is 11.3 Å². The summed E-state index contributed by atoms with van der Waals surface area (Å²) in [6, 6.07) is 3.86. The van der Waals surface area contributed by atoms with Crippen molar-refractivity contribution in [3.8, 4) is 0 Å². The van der Waals surface area contributed by atoms with Crippen molar-refractivity contribution in [1.29, 1.82) is 0 Å². The van der Waals surface area contributed by atoms with Crippen molar-refractivity contribution in [2.24, 2.45) is 5.73 Å². The molecule has 0 spiro atoms. The third-order valence-corrected chi connectivity index (χ3v) is 3.63. The standard InChI is InChI=1S/C11H16N2O2S/c1-8-2-3-10(16-8)11(14)13-4-5-15-9(6-12)7-13/h2-3,9H,4-7,12H2,1H3. The molecule has 0 aromatic carbocycles. The van der Waals surface area contributed by atoms with Gasteiger partial charge in [-0.2, -0.15) is 0 Å². The average molecular weight is 240 g/mol. The zero-order valence-electron chi connectivity index (χ0n) is 9.31. The third kappa shape index (κ3) is 2.42. The van der Waals surface area contributed by atoms with E-state index in [4.69, 9.17) is 10.5 Å². The number of nitrogens with two attached hydrogens (primary N) is 1. The number of rotatable bonds is 2. The van der Waals surface area contributed by atoms with E-state index < -0.39 is 0 Å². The van der Waals surface area contributed by atoms with Gasteiger partial charge < -0.3 is 15.4 Å². The molecule has 1 unspecified atom stereocenters. The Kier molecular flexibility index (Phi) is 3.58. The molecule has 16 heavy (non-hydrogen) atoms. The van der Waals surface area contributed by atoms with Gasteiger partial charge in [0.15, 0.2) is 0 Å². The van der Waals surface area contributed by atoms with Gasteiger partial charge in [0.25, 0.3) is 5.91 Å². The monoisotopic (exact) mass is 240 g/mol. The number of hydrogen-bond acceptors (Lipinski definition) is 4. The second kappa shape index (κ2) is 4.95. The Balaban J connectivity index is 2.04. The number of nitrogens with zero attached hydrogens (tertiary/aromatic N) is 1. The van der Waals surface area contributed by atoms with Gasteiger partial charge in [0.05, 0.1) is 17.6 Å². The zero-order valence-corrected chi connectivity index (χ0v) is 10.1. The van der Waals surface area contributed by atoms with E-state index in [1.54, 1.807) is 0 Å². The number of carbonyl (C=O) groups is 1. The number of morpholine rings is 1. The van der Waals surface area contributed by atoms with Crippen molar-refractivity contribution in [2.45, 2.75) is 13.0 Å². The molecule has 1 aromatic rings. The molecule has 2 rings (SSSR count). The van der Waals surface area contributed by atoms with Crippen LogP contribution in [0.4, 0.5) is 0 Å². The van der Waals surface area contributed by atoms with E-state index in [0.717, 1.165) is 9.75 Å². The Hall–Kier alpha value is -0.910. The normalized spacial score (nSPS) is 21.1. The van der Waals surface area contributed by atoms with Crippen LogP contribution in [-0.4, -0.2) is 43.2 Å². The molecule has 4 nitrogen and oxygen atoms in total. The first-order valence-electron chi connectivity index (χ1n) is 5.38. The van der Waals surface area contributed by atoms with Gasteiger partial charge in [0.1, 0.15) is 0 Å². The number of hydrogen-bond donors (Lipinski definition) is 1. The number of amides is 1. The Morgan fingerprint density at radius 2 is 2.50 bits per heavy atom. The molecule has 5 heteroatoms. The van der Waals surface area contributed by atoms with Gasteiger partial charge in [0, 0.05) is 24.5 Å². The van der Waals surface area contributed by atoms with E-state index in [-0.39, 0.29) is 12.0 Å². The molecule has 0 saturated carbocycles. The summed E-state index contributed by atoms with van der Waals surface area (Å²) in [5, 5.41) is 0. The Morgan fingerprint density at radius 1 is 1.69 bits per heavy atom. The summed E-state index contributed by atoms with van der Waals surface area (Å²) < 4.78 is 5.43. The minimum atomic E-state index is -0.0150. The molecule has 2 heterocycles. The largest absolute Gasteiger partial charge is 0.373 e. The number of carbonyl (C=O) groups excluding carboxylic acids is 1. The minimum absolute atomic E-state index is 0.0150. The highest BCUT2D eigenvalue weighted by molar-refractivity contribution is 7.13. The Bertz CT molecular complexity index is 378. The van der Waals surface area contributed by atoms with Crippen LogP contribution in [0.15, 0.2) is 12.1 Å². The molecular weight excluding hydrogens is 224 g/mol. The van der Waals surface area contributed by atoms with Crippen molar-refractivity contribution in [2.75, 3.05) is 26.2 Å². The average Bonchev–Trinajstić information content (AvgIpc) is 2.75. The fraction of sp³-hybridized carbons (Fsp3) is 0.545.